The highest BCUT2D eigenvalue weighted by Crippen LogP contribution is 2.20. The first-order valence-corrected chi connectivity index (χ1v) is 8.96. The monoisotopic (exact) mass is 407 g/mol. The van der Waals surface area contributed by atoms with Crippen LogP contribution >= 0.6 is 23.2 Å². The summed E-state index contributed by atoms with van der Waals surface area (Å²) < 4.78 is 0. The van der Waals surface area contributed by atoms with Crippen molar-refractivity contribution in [2.75, 3.05) is 13.1 Å². The van der Waals surface area contributed by atoms with E-state index in [1.165, 1.54) is 18.2 Å². The molecule has 0 aromatic heterocycles. The maximum absolute atomic E-state index is 12.0. The van der Waals surface area contributed by atoms with E-state index in [0.717, 1.165) is 5.56 Å². The third-order valence-corrected chi connectivity index (χ3v) is 4.26. The lowest BCUT2D eigenvalue weighted by Gasteiger charge is -2.14. The molecule has 142 valence electrons. The van der Waals surface area contributed by atoms with Crippen molar-refractivity contribution in [1.29, 1.82) is 0 Å². The Morgan fingerprint density at radius 2 is 1.59 bits per heavy atom. The predicted molar refractivity (Wildman–Crippen MR) is 105 cm³/mol. The third-order valence-electron chi connectivity index (χ3n) is 3.71. The van der Waals surface area contributed by atoms with E-state index in [-0.39, 0.29) is 35.6 Å². The normalized spacial score (nSPS) is 11.4. The number of carbonyl (C=O) groups excluding carboxylic acids is 3. The molecule has 2 rings (SSSR count). The molecule has 0 heterocycles. The first-order chi connectivity index (χ1) is 12.9. The average molecular weight is 408 g/mol. The second-order valence-corrected chi connectivity index (χ2v) is 6.63. The van der Waals surface area contributed by atoms with Crippen LogP contribution in [0, 0.1) is 0 Å². The second-order valence-electron chi connectivity index (χ2n) is 5.78. The smallest absolute Gasteiger partial charge is 0.253 e. The molecule has 6 nitrogen and oxygen atoms in total. The fourth-order valence-electron chi connectivity index (χ4n) is 2.29. The number of carbonyl (C=O) groups is 3. The van der Waals surface area contributed by atoms with Gasteiger partial charge in [0, 0.05) is 5.02 Å². The van der Waals surface area contributed by atoms with Crippen molar-refractivity contribution in [2.45, 2.75) is 13.0 Å². The van der Waals surface area contributed by atoms with Crippen molar-refractivity contribution >= 4 is 40.9 Å². The van der Waals surface area contributed by atoms with Crippen molar-refractivity contribution in [3.8, 4) is 0 Å². The Morgan fingerprint density at radius 1 is 0.926 bits per heavy atom. The second kappa shape index (κ2) is 9.94. The fraction of sp³-hybridized carbons (Fsp3) is 0.211. The van der Waals surface area contributed by atoms with Crippen LogP contribution in [-0.2, 0) is 9.59 Å². The molecule has 0 aliphatic heterocycles. The molecule has 0 bridgehead atoms. The van der Waals surface area contributed by atoms with Crippen molar-refractivity contribution in [1.82, 2.24) is 16.0 Å². The van der Waals surface area contributed by atoms with Crippen LogP contribution in [0.15, 0.2) is 48.5 Å². The molecule has 27 heavy (non-hydrogen) atoms. The highest BCUT2D eigenvalue weighted by molar-refractivity contribution is 6.36. The van der Waals surface area contributed by atoms with Crippen LogP contribution in [0.25, 0.3) is 0 Å². The summed E-state index contributed by atoms with van der Waals surface area (Å²) >= 11 is 11.7. The summed E-state index contributed by atoms with van der Waals surface area (Å²) in [6.45, 7) is 1.39. The maximum atomic E-state index is 12.0. The molecule has 0 saturated heterocycles. The van der Waals surface area contributed by atoms with Gasteiger partial charge in [0.25, 0.3) is 5.91 Å². The zero-order chi connectivity index (χ0) is 19.8. The summed E-state index contributed by atoms with van der Waals surface area (Å²) in [6.07, 6.45) is 0. The van der Waals surface area contributed by atoms with Crippen LogP contribution in [0.3, 0.4) is 0 Å². The molecule has 1 unspecified atom stereocenters. The fourth-order valence-corrected chi connectivity index (χ4v) is 2.78. The van der Waals surface area contributed by atoms with Gasteiger partial charge in [-0.05, 0) is 30.7 Å². The molecule has 8 heteroatoms. The number of rotatable bonds is 7. The van der Waals surface area contributed by atoms with Gasteiger partial charge in [0.1, 0.15) is 0 Å². The van der Waals surface area contributed by atoms with E-state index in [1.54, 1.807) is 0 Å². The average Bonchev–Trinajstić information content (AvgIpc) is 2.65. The number of nitrogens with one attached hydrogen (secondary N) is 3. The van der Waals surface area contributed by atoms with Gasteiger partial charge in [-0.3, -0.25) is 14.4 Å². The standard InChI is InChI=1S/C19H19Cl2N3O3/c1-12(13-5-3-2-4-6-13)24-18(26)11-22-17(25)10-23-19(27)15-8-7-14(20)9-16(15)21/h2-9,12H,10-11H2,1H3,(H,22,25)(H,23,27)(H,24,26). The first-order valence-electron chi connectivity index (χ1n) is 8.21. The number of halogens is 2. The van der Waals surface area contributed by atoms with Crippen molar-refractivity contribution in [3.05, 3.63) is 69.7 Å². The summed E-state index contributed by atoms with van der Waals surface area (Å²) in [5, 5.41) is 8.27. The van der Waals surface area contributed by atoms with Crippen LogP contribution in [0.4, 0.5) is 0 Å². The zero-order valence-corrected chi connectivity index (χ0v) is 16.1. The molecule has 0 aliphatic rings. The lowest BCUT2D eigenvalue weighted by atomic mass is 10.1. The summed E-state index contributed by atoms with van der Waals surface area (Å²) in [7, 11) is 0. The Labute approximate surface area is 167 Å². The Balaban J connectivity index is 1.74. The van der Waals surface area contributed by atoms with E-state index < -0.39 is 11.8 Å². The molecule has 3 amide bonds. The van der Waals surface area contributed by atoms with Crippen molar-refractivity contribution in [2.24, 2.45) is 0 Å². The van der Waals surface area contributed by atoms with Gasteiger partial charge in [-0.15, -0.1) is 0 Å². The minimum atomic E-state index is -0.506. The van der Waals surface area contributed by atoms with Crippen LogP contribution in [0.2, 0.25) is 10.0 Å². The molecule has 0 spiro atoms. The van der Waals surface area contributed by atoms with Crippen LogP contribution in [-0.4, -0.2) is 30.8 Å². The highest BCUT2D eigenvalue weighted by atomic mass is 35.5. The van der Waals surface area contributed by atoms with Gasteiger partial charge < -0.3 is 16.0 Å². The van der Waals surface area contributed by atoms with Gasteiger partial charge in [0.05, 0.1) is 29.7 Å². The molecule has 3 N–H and O–H groups in total. The van der Waals surface area contributed by atoms with E-state index >= 15 is 0 Å². The van der Waals surface area contributed by atoms with E-state index in [4.69, 9.17) is 23.2 Å². The predicted octanol–water partition coefficient (Wildman–Crippen LogP) is 2.72. The maximum Gasteiger partial charge on any atom is 0.253 e. The topological polar surface area (TPSA) is 87.3 Å². The molecular weight excluding hydrogens is 389 g/mol. The number of hydrogen-bond donors (Lipinski definition) is 3. The molecule has 2 aromatic rings. The molecule has 0 saturated carbocycles. The van der Waals surface area contributed by atoms with Crippen LogP contribution in [0.1, 0.15) is 28.9 Å². The minimum Gasteiger partial charge on any atom is -0.348 e. The summed E-state index contributed by atoms with van der Waals surface area (Å²) in [6, 6.07) is 13.7. The number of amides is 3. The quantitative estimate of drug-likeness (QED) is 0.659. The Kier molecular flexibility index (Phi) is 7.64. The highest BCUT2D eigenvalue weighted by Gasteiger charge is 2.13. The number of hydrogen-bond acceptors (Lipinski definition) is 3. The van der Waals surface area contributed by atoms with Crippen molar-refractivity contribution < 1.29 is 14.4 Å². The van der Waals surface area contributed by atoms with Gasteiger partial charge in [-0.2, -0.15) is 0 Å². The molecule has 0 aliphatic carbocycles. The van der Waals surface area contributed by atoms with E-state index in [9.17, 15) is 14.4 Å². The van der Waals surface area contributed by atoms with E-state index in [1.807, 2.05) is 37.3 Å². The summed E-state index contributed by atoms with van der Waals surface area (Å²) in [5.41, 5.74) is 1.17. The van der Waals surface area contributed by atoms with Crippen LogP contribution in [0.5, 0.6) is 0 Å². The lowest BCUT2D eigenvalue weighted by Crippen LogP contribution is -2.42. The minimum absolute atomic E-state index is 0.178. The summed E-state index contributed by atoms with van der Waals surface area (Å²) in [4.78, 5) is 35.8. The molecule has 1 atom stereocenters. The van der Waals surface area contributed by atoms with Gasteiger partial charge in [0.2, 0.25) is 11.8 Å². The van der Waals surface area contributed by atoms with Gasteiger partial charge >= 0.3 is 0 Å². The Bertz CT molecular complexity index is 828. The zero-order valence-electron chi connectivity index (χ0n) is 14.6. The largest absolute Gasteiger partial charge is 0.348 e. The first kappa shape index (κ1) is 20.7. The SMILES string of the molecule is CC(NC(=O)CNC(=O)CNC(=O)c1ccc(Cl)cc1Cl)c1ccccc1. The number of benzene rings is 2. The molecule has 2 aromatic carbocycles. The van der Waals surface area contributed by atoms with Gasteiger partial charge in [-0.1, -0.05) is 53.5 Å². The van der Waals surface area contributed by atoms with Crippen molar-refractivity contribution in [3.63, 3.8) is 0 Å². The Hall–Kier alpha value is -2.57. The van der Waals surface area contributed by atoms with Gasteiger partial charge in [0.15, 0.2) is 0 Å². The van der Waals surface area contributed by atoms with Crippen LogP contribution < -0.4 is 16.0 Å². The van der Waals surface area contributed by atoms with Gasteiger partial charge in [-0.25, -0.2) is 0 Å². The molecular formula is C19H19Cl2N3O3. The van der Waals surface area contributed by atoms with E-state index in [2.05, 4.69) is 16.0 Å². The Morgan fingerprint density at radius 3 is 2.26 bits per heavy atom. The summed E-state index contributed by atoms with van der Waals surface area (Å²) in [5.74, 6) is -1.32. The molecule has 0 fully saturated rings. The lowest BCUT2D eigenvalue weighted by molar-refractivity contribution is -0.125. The molecule has 0 radical (unpaired) electrons. The third kappa shape index (κ3) is 6.58. The van der Waals surface area contributed by atoms with E-state index in [0.29, 0.717) is 5.02 Å².